The van der Waals surface area contributed by atoms with E-state index in [1.165, 1.54) is 13.0 Å². The van der Waals surface area contributed by atoms with Gasteiger partial charge in [0.2, 0.25) is 15.9 Å². The number of amides is 1. The monoisotopic (exact) mass is 375 g/mol. The Morgan fingerprint density at radius 1 is 1.08 bits per heavy atom. The van der Waals surface area contributed by atoms with E-state index in [9.17, 15) is 13.2 Å². The Morgan fingerprint density at radius 3 is 2.27 bits per heavy atom. The molecule has 1 amide bonds. The second-order valence-electron chi connectivity index (χ2n) is 6.37. The Labute approximate surface area is 155 Å². The average Bonchev–Trinajstić information content (AvgIpc) is 2.54. The number of anilines is 2. The van der Waals surface area contributed by atoms with Gasteiger partial charge >= 0.3 is 0 Å². The Hall–Kier alpha value is -2.38. The Kier molecular flexibility index (Phi) is 6.39. The highest BCUT2D eigenvalue weighted by Gasteiger charge is 2.16. The van der Waals surface area contributed by atoms with Crippen LogP contribution in [0.2, 0.25) is 0 Å². The van der Waals surface area contributed by atoms with E-state index in [2.05, 4.69) is 10.0 Å². The molecule has 0 spiro atoms. The van der Waals surface area contributed by atoms with Gasteiger partial charge in [-0.15, -0.1) is 0 Å². The van der Waals surface area contributed by atoms with Crippen LogP contribution in [0, 0.1) is 6.92 Å². The molecule has 0 heterocycles. The van der Waals surface area contributed by atoms with Gasteiger partial charge in [0, 0.05) is 38.9 Å². The van der Waals surface area contributed by atoms with E-state index in [0.717, 1.165) is 11.3 Å². The predicted octanol–water partition coefficient (Wildman–Crippen LogP) is 2.54. The van der Waals surface area contributed by atoms with Gasteiger partial charge in [-0.2, -0.15) is 0 Å². The van der Waals surface area contributed by atoms with E-state index in [1.807, 2.05) is 43.3 Å². The first-order valence-electron chi connectivity index (χ1n) is 8.33. The summed E-state index contributed by atoms with van der Waals surface area (Å²) in [5.74, 6) is -0.196. The van der Waals surface area contributed by atoms with Crippen LogP contribution in [0.5, 0.6) is 0 Å². The van der Waals surface area contributed by atoms with E-state index in [-0.39, 0.29) is 10.8 Å². The molecule has 140 valence electrons. The molecule has 0 atom stereocenters. The normalized spacial score (nSPS) is 11.2. The van der Waals surface area contributed by atoms with Crippen molar-refractivity contribution in [2.45, 2.75) is 25.2 Å². The first-order chi connectivity index (χ1) is 12.2. The molecule has 0 aliphatic rings. The number of carbonyl (C=O) groups is 1. The van der Waals surface area contributed by atoms with Gasteiger partial charge in [0.15, 0.2) is 0 Å². The van der Waals surface area contributed by atoms with Crippen molar-refractivity contribution in [3.63, 3.8) is 0 Å². The molecule has 0 fully saturated rings. The van der Waals surface area contributed by atoms with Gasteiger partial charge in [-0.05, 0) is 54.8 Å². The van der Waals surface area contributed by atoms with Gasteiger partial charge in [0.05, 0.1) is 4.90 Å². The summed E-state index contributed by atoms with van der Waals surface area (Å²) >= 11 is 0. The summed E-state index contributed by atoms with van der Waals surface area (Å²) in [4.78, 5) is 13.3. The zero-order valence-corrected chi connectivity index (χ0v) is 16.4. The number of carbonyl (C=O) groups excluding carboxylic acids is 1. The van der Waals surface area contributed by atoms with Crippen molar-refractivity contribution in [2.24, 2.45) is 0 Å². The lowest BCUT2D eigenvalue weighted by atomic mass is 10.1. The quantitative estimate of drug-likeness (QED) is 0.780. The van der Waals surface area contributed by atoms with Crippen molar-refractivity contribution in [1.82, 2.24) is 4.72 Å². The fraction of sp³-hybridized carbons (Fsp3) is 0.316. The summed E-state index contributed by atoms with van der Waals surface area (Å²) in [6.07, 6.45) is 0.607. The first-order valence-corrected chi connectivity index (χ1v) is 9.81. The van der Waals surface area contributed by atoms with Crippen LogP contribution in [0.15, 0.2) is 47.4 Å². The molecule has 0 bridgehead atoms. The first kappa shape index (κ1) is 19.9. The Balaban J connectivity index is 2.01. The lowest BCUT2D eigenvalue weighted by molar-refractivity contribution is -0.114. The fourth-order valence-electron chi connectivity index (χ4n) is 2.60. The van der Waals surface area contributed by atoms with E-state index >= 15 is 0 Å². The third-order valence-electron chi connectivity index (χ3n) is 3.94. The van der Waals surface area contributed by atoms with E-state index < -0.39 is 10.0 Å². The van der Waals surface area contributed by atoms with Gasteiger partial charge in [-0.1, -0.05) is 12.1 Å². The molecule has 0 saturated carbocycles. The highest BCUT2D eigenvalue weighted by atomic mass is 32.2. The summed E-state index contributed by atoms with van der Waals surface area (Å²) in [6, 6.07) is 12.8. The van der Waals surface area contributed by atoms with Crippen LogP contribution in [0.4, 0.5) is 11.4 Å². The van der Waals surface area contributed by atoms with E-state index in [4.69, 9.17) is 0 Å². The molecule has 26 heavy (non-hydrogen) atoms. The molecule has 0 aliphatic heterocycles. The molecule has 0 aliphatic carbocycles. The second-order valence-corrected chi connectivity index (χ2v) is 8.11. The minimum absolute atomic E-state index is 0.196. The van der Waals surface area contributed by atoms with E-state index in [0.29, 0.717) is 24.2 Å². The minimum Gasteiger partial charge on any atom is -0.378 e. The smallest absolute Gasteiger partial charge is 0.240 e. The summed E-state index contributed by atoms with van der Waals surface area (Å²) in [5.41, 5.74) is 3.33. The van der Waals surface area contributed by atoms with Crippen LogP contribution in [0.1, 0.15) is 18.1 Å². The largest absolute Gasteiger partial charge is 0.378 e. The summed E-state index contributed by atoms with van der Waals surface area (Å²) in [7, 11) is 0.351. The minimum atomic E-state index is -3.60. The zero-order chi connectivity index (χ0) is 19.3. The molecule has 6 nitrogen and oxygen atoms in total. The number of nitrogens with zero attached hydrogens (tertiary/aromatic N) is 1. The second kappa shape index (κ2) is 8.33. The Bertz CT molecular complexity index is 875. The highest BCUT2D eigenvalue weighted by Crippen LogP contribution is 2.20. The number of rotatable bonds is 7. The molecule has 2 aromatic carbocycles. The molecule has 2 N–H and O–H groups in total. The standard InChI is InChI=1S/C19H25N3O3S/c1-14-13-17(21-15(2)23)7-10-19(14)26(24,25)20-12-11-16-5-8-18(9-6-16)22(3)4/h5-10,13,20H,11-12H2,1-4H3,(H,21,23). The highest BCUT2D eigenvalue weighted by molar-refractivity contribution is 7.89. The number of hydrogen-bond donors (Lipinski definition) is 2. The third kappa shape index (κ3) is 5.31. The third-order valence-corrected chi connectivity index (χ3v) is 5.56. The zero-order valence-electron chi connectivity index (χ0n) is 15.5. The SMILES string of the molecule is CC(=O)Nc1ccc(S(=O)(=O)NCCc2ccc(N(C)C)cc2)c(C)c1. The topological polar surface area (TPSA) is 78.5 Å². The number of hydrogen-bond acceptors (Lipinski definition) is 4. The van der Waals surface area contributed by atoms with Crippen molar-refractivity contribution in [3.05, 3.63) is 53.6 Å². The van der Waals surface area contributed by atoms with Gasteiger partial charge in [0.1, 0.15) is 0 Å². The molecular weight excluding hydrogens is 350 g/mol. The van der Waals surface area contributed by atoms with E-state index in [1.54, 1.807) is 19.1 Å². The lowest BCUT2D eigenvalue weighted by Gasteiger charge is -2.13. The van der Waals surface area contributed by atoms with Crippen LogP contribution in [0.25, 0.3) is 0 Å². The van der Waals surface area contributed by atoms with Crippen LogP contribution >= 0.6 is 0 Å². The van der Waals surface area contributed by atoms with Gasteiger partial charge in [-0.25, -0.2) is 13.1 Å². The molecule has 0 radical (unpaired) electrons. The predicted molar refractivity (Wildman–Crippen MR) is 105 cm³/mol. The van der Waals surface area contributed by atoms with Gasteiger partial charge < -0.3 is 10.2 Å². The maximum absolute atomic E-state index is 12.5. The molecule has 2 aromatic rings. The van der Waals surface area contributed by atoms with Crippen LogP contribution in [0.3, 0.4) is 0 Å². The lowest BCUT2D eigenvalue weighted by Crippen LogP contribution is -2.26. The van der Waals surface area contributed by atoms with Gasteiger partial charge in [0.25, 0.3) is 0 Å². The summed E-state index contributed by atoms with van der Waals surface area (Å²) in [5, 5.41) is 2.64. The van der Waals surface area contributed by atoms with Crippen LogP contribution < -0.4 is 14.9 Å². The van der Waals surface area contributed by atoms with Crippen LogP contribution in [-0.2, 0) is 21.2 Å². The van der Waals surface area contributed by atoms with Crippen molar-refractivity contribution >= 4 is 27.3 Å². The average molecular weight is 375 g/mol. The van der Waals surface area contributed by atoms with Crippen molar-refractivity contribution in [3.8, 4) is 0 Å². The maximum atomic E-state index is 12.5. The summed E-state index contributed by atoms with van der Waals surface area (Å²) < 4.78 is 27.7. The van der Waals surface area contributed by atoms with Crippen LogP contribution in [-0.4, -0.2) is 35.0 Å². The number of aryl methyl sites for hydroxylation is 1. The molecule has 2 rings (SSSR count). The van der Waals surface area contributed by atoms with Crippen molar-refractivity contribution in [1.29, 1.82) is 0 Å². The molecule has 0 unspecified atom stereocenters. The van der Waals surface area contributed by atoms with Gasteiger partial charge in [-0.3, -0.25) is 4.79 Å². The number of benzene rings is 2. The molecule has 7 heteroatoms. The molecule has 0 saturated heterocycles. The molecule has 0 aromatic heterocycles. The Morgan fingerprint density at radius 2 is 1.73 bits per heavy atom. The maximum Gasteiger partial charge on any atom is 0.240 e. The summed E-state index contributed by atoms with van der Waals surface area (Å²) in [6.45, 7) is 3.43. The molecular formula is C19H25N3O3S. The number of sulfonamides is 1. The van der Waals surface area contributed by atoms with Crippen molar-refractivity contribution < 1.29 is 13.2 Å². The fourth-order valence-corrected chi connectivity index (χ4v) is 3.86. The van der Waals surface area contributed by atoms with Crippen molar-refractivity contribution in [2.75, 3.05) is 30.9 Å². The number of nitrogens with one attached hydrogen (secondary N) is 2.